The molecule has 10 heavy (non-hydrogen) atoms. The van der Waals surface area contributed by atoms with Gasteiger partial charge >= 0.3 is 0 Å². The van der Waals surface area contributed by atoms with Gasteiger partial charge in [0.15, 0.2) is 0 Å². The SMILES string of the molecule is C1CCC2CCCC2NC1. The van der Waals surface area contributed by atoms with Gasteiger partial charge in [-0.05, 0) is 38.1 Å². The molecule has 1 nitrogen and oxygen atoms in total. The summed E-state index contributed by atoms with van der Waals surface area (Å²) >= 11 is 0. The highest BCUT2D eigenvalue weighted by Gasteiger charge is 2.27. The molecule has 0 spiro atoms. The van der Waals surface area contributed by atoms with Crippen LogP contribution in [0.1, 0.15) is 38.5 Å². The molecule has 0 aromatic carbocycles. The summed E-state index contributed by atoms with van der Waals surface area (Å²) in [6, 6.07) is 0.905. The van der Waals surface area contributed by atoms with Crippen molar-refractivity contribution in [1.29, 1.82) is 0 Å². The lowest BCUT2D eigenvalue weighted by Gasteiger charge is -2.15. The molecule has 1 aliphatic heterocycles. The van der Waals surface area contributed by atoms with Gasteiger partial charge in [-0.25, -0.2) is 0 Å². The Morgan fingerprint density at radius 1 is 0.900 bits per heavy atom. The summed E-state index contributed by atoms with van der Waals surface area (Å²) in [5, 5.41) is 3.64. The van der Waals surface area contributed by atoms with Crippen molar-refractivity contribution in [2.75, 3.05) is 6.54 Å². The Morgan fingerprint density at radius 3 is 2.80 bits per heavy atom. The van der Waals surface area contributed by atoms with Crippen LogP contribution in [0.3, 0.4) is 0 Å². The molecular formula is C9H17N. The Hall–Kier alpha value is -0.0400. The van der Waals surface area contributed by atoms with Crippen LogP contribution in [0.25, 0.3) is 0 Å². The van der Waals surface area contributed by atoms with E-state index in [4.69, 9.17) is 0 Å². The van der Waals surface area contributed by atoms with Gasteiger partial charge in [0.25, 0.3) is 0 Å². The van der Waals surface area contributed by atoms with E-state index in [2.05, 4.69) is 5.32 Å². The van der Waals surface area contributed by atoms with Crippen molar-refractivity contribution in [2.45, 2.75) is 44.6 Å². The zero-order chi connectivity index (χ0) is 6.81. The Balaban J connectivity index is 1.95. The standard InChI is InChI=1S/C9H17N/c1-2-7-10-9-6-3-5-8(9)4-1/h8-10H,1-7H2. The maximum Gasteiger partial charge on any atom is 0.00953 e. The van der Waals surface area contributed by atoms with Crippen LogP contribution in [0.15, 0.2) is 0 Å². The fourth-order valence-corrected chi connectivity index (χ4v) is 2.47. The minimum atomic E-state index is 0.905. The molecular weight excluding hydrogens is 122 g/mol. The zero-order valence-electron chi connectivity index (χ0n) is 6.60. The van der Waals surface area contributed by atoms with Crippen LogP contribution in [0.5, 0.6) is 0 Å². The van der Waals surface area contributed by atoms with E-state index in [0.717, 1.165) is 12.0 Å². The average molecular weight is 139 g/mol. The first-order valence-corrected chi connectivity index (χ1v) is 4.70. The van der Waals surface area contributed by atoms with E-state index < -0.39 is 0 Å². The van der Waals surface area contributed by atoms with Crippen molar-refractivity contribution in [3.05, 3.63) is 0 Å². The lowest BCUT2D eigenvalue weighted by molar-refractivity contribution is 0.414. The molecule has 1 aliphatic carbocycles. The predicted octanol–water partition coefficient (Wildman–Crippen LogP) is 1.93. The Labute approximate surface area is 63.2 Å². The molecule has 0 radical (unpaired) electrons. The largest absolute Gasteiger partial charge is 0.314 e. The Bertz CT molecular complexity index is 99.3. The van der Waals surface area contributed by atoms with Crippen molar-refractivity contribution in [3.8, 4) is 0 Å². The third kappa shape index (κ3) is 1.20. The molecule has 1 saturated carbocycles. The molecule has 1 heteroatoms. The van der Waals surface area contributed by atoms with E-state index in [9.17, 15) is 0 Å². The van der Waals surface area contributed by atoms with Crippen molar-refractivity contribution in [3.63, 3.8) is 0 Å². The van der Waals surface area contributed by atoms with Crippen molar-refractivity contribution in [2.24, 2.45) is 5.92 Å². The maximum absolute atomic E-state index is 3.64. The molecule has 1 N–H and O–H groups in total. The van der Waals surface area contributed by atoms with Gasteiger partial charge in [-0.3, -0.25) is 0 Å². The van der Waals surface area contributed by atoms with Gasteiger partial charge in [0.1, 0.15) is 0 Å². The number of hydrogen-bond acceptors (Lipinski definition) is 1. The molecule has 2 fully saturated rings. The van der Waals surface area contributed by atoms with Crippen LogP contribution in [0.4, 0.5) is 0 Å². The van der Waals surface area contributed by atoms with Gasteiger partial charge in [-0.15, -0.1) is 0 Å². The van der Waals surface area contributed by atoms with Crippen LogP contribution in [0, 0.1) is 5.92 Å². The van der Waals surface area contributed by atoms with E-state index in [-0.39, 0.29) is 0 Å². The number of hydrogen-bond donors (Lipinski definition) is 1. The second-order valence-electron chi connectivity index (χ2n) is 3.75. The highest BCUT2D eigenvalue weighted by Crippen LogP contribution is 2.31. The molecule has 0 aromatic rings. The first-order chi connectivity index (χ1) is 4.97. The van der Waals surface area contributed by atoms with Gasteiger partial charge in [0.05, 0.1) is 0 Å². The van der Waals surface area contributed by atoms with Gasteiger partial charge in [-0.2, -0.15) is 0 Å². The topological polar surface area (TPSA) is 12.0 Å². The van der Waals surface area contributed by atoms with Crippen LogP contribution in [-0.2, 0) is 0 Å². The van der Waals surface area contributed by atoms with Crippen molar-refractivity contribution < 1.29 is 0 Å². The van der Waals surface area contributed by atoms with Crippen molar-refractivity contribution in [1.82, 2.24) is 5.32 Å². The molecule has 0 aromatic heterocycles. The second-order valence-corrected chi connectivity index (χ2v) is 3.75. The van der Waals surface area contributed by atoms with Gasteiger partial charge < -0.3 is 5.32 Å². The average Bonchev–Trinajstić information content (AvgIpc) is 2.28. The second kappa shape index (κ2) is 2.91. The third-order valence-electron chi connectivity index (χ3n) is 3.07. The number of fused-ring (bicyclic) bond motifs is 1. The maximum atomic E-state index is 3.64. The van der Waals surface area contributed by atoms with Gasteiger partial charge in [0.2, 0.25) is 0 Å². The fraction of sp³-hybridized carbons (Fsp3) is 1.00. The molecule has 58 valence electrons. The van der Waals surface area contributed by atoms with E-state index in [1.165, 1.54) is 45.1 Å². The minimum Gasteiger partial charge on any atom is -0.314 e. The fourth-order valence-electron chi connectivity index (χ4n) is 2.47. The summed E-state index contributed by atoms with van der Waals surface area (Å²) < 4.78 is 0. The lowest BCUT2D eigenvalue weighted by Crippen LogP contribution is -2.30. The monoisotopic (exact) mass is 139 g/mol. The first-order valence-electron chi connectivity index (χ1n) is 4.70. The number of rotatable bonds is 0. The highest BCUT2D eigenvalue weighted by molar-refractivity contribution is 4.84. The van der Waals surface area contributed by atoms with Gasteiger partial charge in [0, 0.05) is 6.04 Å². The molecule has 2 unspecified atom stereocenters. The Morgan fingerprint density at radius 2 is 1.80 bits per heavy atom. The summed E-state index contributed by atoms with van der Waals surface area (Å²) in [5.74, 6) is 1.04. The number of nitrogens with one attached hydrogen (secondary N) is 1. The molecule has 2 aliphatic rings. The summed E-state index contributed by atoms with van der Waals surface area (Å²) in [7, 11) is 0. The molecule has 2 rings (SSSR count). The zero-order valence-corrected chi connectivity index (χ0v) is 6.60. The quantitative estimate of drug-likeness (QED) is 0.540. The molecule has 2 atom stereocenters. The van der Waals surface area contributed by atoms with E-state index in [1.54, 1.807) is 0 Å². The summed E-state index contributed by atoms with van der Waals surface area (Å²) in [6.45, 7) is 1.28. The molecule has 0 bridgehead atoms. The van der Waals surface area contributed by atoms with Crippen LogP contribution >= 0.6 is 0 Å². The third-order valence-corrected chi connectivity index (χ3v) is 3.07. The van der Waals surface area contributed by atoms with E-state index in [1.807, 2.05) is 0 Å². The van der Waals surface area contributed by atoms with E-state index in [0.29, 0.717) is 0 Å². The predicted molar refractivity (Wildman–Crippen MR) is 43.0 cm³/mol. The normalized spacial score (nSPS) is 40.8. The smallest absolute Gasteiger partial charge is 0.00953 e. The molecule has 1 saturated heterocycles. The van der Waals surface area contributed by atoms with Crippen LogP contribution < -0.4 is 5.32 Å². The highest BCUT2D eigenvalue weighted by atomic mass is 14.9. The van der Waals surface area contributed by atoms with Crippen LogP contribution in [-0.4, -0.2) is 12.6 Å². The molecule has 0 amide bonds. The first kappa shape index (κ1) is 6.66. The molecule has 1 heterocycles. The minimum absolute atomic E-state index is 0.905. The summed E-state index contributed by atoms with van der Waals surface area (Å²) in [6.07, 6.45) is 8.80. The lowest BCUT2D eigenvalue weighted by atomic mass is 9.99. The van der Waals surface area contributed by atoms with Crippen molar-refractivity contribution >= 4 is 0 Å². The Kier molecular flexibility index (Phi) is 1.94. The van der Waals surface area contributed by atoms with Gasteiger partial charge in [-0.1, -0.05) is 12.8 Å². The summed E-state index contributed by atoms with van der Waals surface area (Å²) in [5.41, 5.74) is 0. The summed E-state index contributed by atoms with van der Waals surface area (Å²) in [4.78, 5) is 0. The van der Waals surface area contributed by atoms with Crippen LogP contribution in [0.2, 0.25) is 0 Å². The van der Waals surface area contributed by atoms with E-state index >= 15 is 0 Å².